The Kier molecular flexibility index (Phi) is 5.26. The van der Waals surface area contributed by atoms with E-state index in [9.17, 15) is 9.59 Å². The second-order valence-electron chi connectivity index (χ2n) is 4.06. The van der Waals surface area contributed by atoms with Crippen LogP contribution in [-0.2, 0) is 9.53 Å². The first-order valence-corrected chi connectivity index (χ1v) is 6.54. The van der Waals surface area contributed by atoms with Crippen molar-refractivity contribution in [2.24, 2.45) is 0 Å². The topological polar surface area (TPSA) is 90.4 Å². The highest BCUT2D eigenvalue weighted by Crippen LogP contribution is 2.27. The van der Waals surface area contributed by atoms with Crippen molar-refractivity contribution in [1.82, 2.24) is 9.97 Å². The van der Waals surface area contributed by atoms with E-state index in [2.05, 4.69) is 15.3 Å². The molecule has 0 fully saturated rings. The molecule has 0 aliphatic carbocycles. The molecule has 0 bridgehead atoms. The highest BCUT2D eigenvalue weighted by Gasteiger charge is 2.13. The number of ether oxygens (including phenoxy) is 2. The van der Waals surface area contributed by atoms with Gasteiger partial charge in [0.15, 0.2) is 12.3 Å². The van der Waals surface area contributed by atoms with Gasteiger partial charge in [-0.05, 0) is 18.2 Å². The minimum atomic E-state index is -0.735. The van der Waals surface area contributed by atoms with Gasteiger partial charge in [-0.25, -0.2) is 9.78 Å². The fourth-order valence-corrected chi connectivity index (χ4v) is 1.75. The van der Waals surface area contributed by atoms with E-state index in [1.54, 1.807) is 12.1 Å². The van der Waals surface area contributed by atoms with Crippen LogP contribution in [0.5, 0.6) is 5.75 Å². The second-order valence-corrected chi connectivity index (χ2v) is 4.50. The summed E-state index contributed by atoms with van der Waals surface area (Å²) >= 11 is 5.86. The third kappa shape index (κ3) is 4.16. The lowest BCUT2D eigenvalue weighted by Gasteiger charge is -2.10. The number of carbonyl (C=O) groups excluding carboxylic acids is 2. The van der Waals surface area contributed by atoms with E-state index in [1.165, 1.54) is 31.8 Å². The molecule has 0 atom stereocenters. The van der Waals surface area contributed by atoms with Crippen LogP contribution in [0.2, 0.25) is 5.02 Å². The number of hydrogen-bond donors (Lipinski definition) is 1. The number of benzene rings is 1. The summed E-state index contributed by atoms with van der Waals surface area (Å²) in [5, 5.41) is 2.99. The van der Waals surface area contributed by atoms with Crippen LogP contribution in [0, 0.1) is 0 Å². The maximum absolute atomic E-state index is 11.8. The van der Waals surface area contributed by atoms with Crippen LogP contribution in [0.4, 0.5) is 5.69 Å². The number of rotatable bonds is 5. The fourth-order valence-electron chi connectivity index (χ4n) is 1.57. The zero-order valence-corrected chi connectivity index (χ0v) is 12.3. The lowest BCUT2D eigenvalue weighted by Crippen LogP contribution is -2.21. The Balaban J connectivity index is 1.94. The van der Waals surface area contributed by atoms with Crippen LogP contribution in [0.3, 0.4) is 0 Å². The third-order valence-corrected chi connectivity index (χ3v) is 2.78. The molecule has 2 rings (SSSR count). The predicted octanol–water partition coefficient (Wildman–Crippen LogP) is 1.93. The van der Waals surface area contributed by atoms with Crippen molar-refractivity contribution in [3.63, 3.8) is 0 Å². The molecule has 1 heterocycles. The van der Waals surface area contributed by atoms with Crippen molar-refractivity contribution in [2.45, 2.75) is 0 Å². The van der Waals surface area contributed by atoms with Crippen LogP contribution in [-0.4, -0.2) is 35.6 Å². The molecule has 22 heavy (non-hydrogen) atoms. The van der Waals surface area contributed by atoms with Crippen molar-refractivity contribution in [2.75, 3.05) is 19.0 Å². The number of nitrogens with one attached hydrogen (secondary N) is 1. The van der Waals surface area contributed by atoms with Gasteiger partial charge in [0.2, 0.25) is 0 Å². The molecular weight excluding hydrogens is 310 g/mol. The summed E-state index contributed by atoms with van der Waals surface area (Å²) in [6.45, 7) is -0.467. The summed E-state index contributed by atoms with van der Waals surface area (Å²) in [4.78, 5) is 30.9. The minimum Gasteiger partial charge on any atom is -0.495 e. The van der Waals surface area contributed by atoms with Gasteiger partial charge >= 0.3 is 5.97 Å². The molecule has 0 saturated heterocycles. The summed E-state index contributed by atoms with van der Waals surface area (Å²) in [6.07, 6.45) is 4.03. The second kappa shape index (κ2) is 7.37. The average Bonchev–Trinajstić information content (AvgIpc) is 2.53. The van der Waals surface area contributed by atoms with Gasteiger partial charge in [-0.15, -0.1) is 0 Å². The molecular formula is C14H12ClN3O4. The van der Waals surface area contributed by atoms with Gasteiger partial charge in [0, 0.05) is 17.4 Å². The number of amides is 1. The summed E-state index contributed by atoms with van der Waals surface area (Å²) in [6, 6.07) is 4.77. The lowest BCUT2D eigenvalue weighted by atomic mass is 10.3. The van der Waals surface area contributed by atoms with Gasteiger partial charge in [0.25, 0.3) is 5.91 Å². The SMILES string of the molecule is COc1ccc(Cl)cc1NC(=O)COC(=O)c1cnccn1. The number of nitrogens with zero attached hydrogens (tertiary/aromatic N) is 2. The van der Waals surface area contributed by atoms with Crippen LogP contribution in [0.15, 0.2) is 36.8 Å². The van der Waals surface area contributed by atoms with Crippen LogP contribution in [0.25, 0.3) is 0 Å². The van der Waals surface area contributed by atoms with E-state index in [1.807, 2.05) is 0 Å². The number of halogens is 1. The maximum atomic E-state index is 11.8. The number of aromatic nitrogens is 2. The molecule has 0 unspecified atom stereocenters. The molecule has 114 valence electrons. The van der Waals surface area contributed by atoms with Crippen molar-refractivity contribution in [3.8, 4) is 5.75 Å². The summed E-state index contributed by atoms with van der Waals surface area (Å²) in [5.74, 6) is -0.822. The van der Waals surface area contributed by atoms with Gasteiger partial charge in [-0.3, -0.25) is 9.78 Å². The lowest BCUT2D eigenvalue weighted by molar-refractivity contribution is -0.119. The van der Waals surface area contributed by atoms with E-state index in [-0.39, 0.29) is 5.69 Å². The maximum Gasteiger partial charge on any atom is 0.359 e. The average molecular weight is 322 g/mol. The van der Waals surface area contributed by atoms with Gasteiger partial charge in [0.1, 0.15) is 5.75 Å². The first-order valence-electron chi connectivity index (χ1n) is 6.16. The Morgan fingerprint density at radius 2 is 2.14 bits per heavy atom. The monoisotopic (exact) mass is 321 g/mol. The van der Waals surface area contributed by atoms with Gasteiger partial charge < -0.3 is 14.8 Å². The van der Waals surface area contributed by atoms with E-state index in [0.717, 1.165) is 0 Å². The predicted molar refractivity (Wildman–Crippen MR) is 78.9 cm³/mol. The number of anilines is 1. The number of carbonyl (C=O) groups is 2. The molecule has 0 aliphatic rings. The highest BCUT2D eigenvalue weighted by atomic mass is 35.5. The molecule has 0 radical (unpaired) electrons. The number of methoxy groups -OCH3 is 1. The summed E-state index contributed by atoms with van der Waals surface area (Å²) < 4.78 is 9.94. The molecule has 2 aromatic rings. The highest BCUT2D eigenvalue weighted by molar-refractivity contribution is 6.31. The molecule has 0 saturated carbocycles. The summed E-state index contributed by atoms with van der Waals surface area (Å²) in [5.41, 5.74) is 0.409. The molecule has 7 nitrogen and oxygen atoms in total. The zero-order valence-electron chi connectivity index (χ0n) is 11.6. The third-order valence-electron chi connectivity index (χ3n) is 2.54. The van der Waals surface area contributed by atoms with Crippen molar-refractivity contribution < 1.29 is 19.1 Å². The standard InChI is InChI=1S/C14H12ClN3O4/c1-21-12-3-2-9(15)6-10(12)18-13(19)8-22-14(20)11-7-16-4-5-17-11/h2-7H,8H2,1H3,(H,18,19). The van der Waals surface area contributed by atoms with E-state index >= 15 is 0 Å². The first-order chi connectivity index (χ1) is 10.6. The quantitative estimate of drug-likeness (QED) is 0.846. The summed E-state index contributed by atoms with van der Waals surface area (Å²) in [7, 11) is 1.47. The van der Waals surface area contributed by atoms with Gasteiger partial charge in [-0.1, -0.05) is 11.6 Å². The van der Waals surface area contributed by atoms with Crippen molar-refractivity contribution in [3.05, 3.63) is 47.5 Å². The Morgan fingerprint density at radius 3 is 2.82 bits per heavy atom. The van der Waals surface area contributed by atoms with Crippen LogP contribution < -0.4 is 10.1 Å². The van der Waals surface area contributed by atoms with Crippen LogP contribution in [0.1, 0.15) is 10.5 Å². The molecule has 0 aliphatic heterocycles. The fraction of sp³-hybridized carbons (Fsp3) is 0.143. The normalized spacial score (nSPS) is 9.91. The van der Waals surface area contributed by atoms with Gasteiger partial charge in [-0.2, -0.15) is 0 Å². The molecule has 1 aromatic heterocycles. The number of esters is 1. The Hall–Kier alpha value is -2.67. The smallest absolute Gasteiger partial charge is 0.359 e. The van der Waals surface area contributed by atoms with E-state index in [0.29, 0.717) is 16.5 Å². The molecule has 0 spiro atoms. The van der Waals surface area contributed by atoms with Gasteiger partial charge in [0.05, 0.1) is 19.0 Å². The number of hydrogen-bond acceptors (Lipinski definition) is 6. The molecule has 1 amide bonds. The minimum absolute atomic E-state index is 0.0237. The van der Waals surface area contributed by atoms with Crippen LogP contribution >= 0.6 is 11.6 Å². The largest absolute Gasteiger partial charge is 0.495 e. The Bertz CT molecular complexity index is 679. The molecule has 1 N–H and O–H groups in total. The van der Waals surface area contributed by atoms with E-state index in [4.69, 9.17) is 21.1 Å². The Labute approximate surface area is 131 Å². The molecule has 8 heteroatoms. The van der Waals surface area contributed by atoms with Crippen molar-refractivity contribution in [1.29, 1.82) is 0 Å². The van der Waals surface area contributed by atoms with Crippen molar-refractivity contribution >= 4 is 29.2 Å². The molecule has 1 aromatic carbocycles. The van der Waals surface area contributed by atoms with E-state index < -0.39 is 18.5 Å². The Morgan fingerprint density at radius 1 is 1.32 bits per heavy atom. The zero-order chi connectivity index (χ0) is 15.9. The first kappa shape index (κ1) is 15.7.